The van der Waals surface area contributed by atoms with Crippen molar-refractivity contribution >= 4 is 11.9 Å². The minimum atomic E-state index is -1.22. The van der Waals surface area contributed by atoms with Crippen molar-refractivity contribution in [3.05, 3.63) is 107 Å². The molecule has 1 saturated heterocycles. The maximum Gasteiger partial charge on any atom is 0.326 e. The molecule has 1 aliphatic heterocycles. The Hall–Kier alpha value is -3.44. The number of rotatable bonds is 6. The molecule has 0 radical (unpaired) electrons. The Balaban J connectivity index is 1.63. The Morgan fingerprint density at radius 2 is 1.45 bits per heavy atom. The van der Waals surface area contributed by atoms with Crippen molar-refractivity contribution in [2.75, 3.05) is 13.7 Å². The summed E-state index contributed by atoms with van der Waals surface area (Å²) >= 11 is 0. The molecule has 0 saturated carbocycles. The largest absolute Gasteiger partial charge is 0.326 e. The van der Waals surface area contributed by atoms with E-state index >= 15 is 0 Å². The maximum absolute atomic E-state index is 13.8. The van der Waals surface area contributed by atoms with Crippen LogP contribution in [0.2, 0.25) is 0 Å². The maximum atomic E-state index is 13.8. The summed E-state index contributed by atoms with van der Waals surface area (Å²) in [4.78, 5) is 30.1. The Morgan fingerprint density at radius 3 is 2.00 bits per heavy atom. The Morgan fingerprint density at radius 1 is 0.871 bits per heavy atom. The lowest BCUT2D eigenvalue weighted by Gasteiger charge is -2.29. The molecule has 5 nitrogen and oxygen atoms in total. The molecule has 0 unspecified atom stereocenters. The molecule has 0 spiro atoms. The van der Waals surface area contributed by atoms with Crippen LogP contribution in [-0.2, 0) is 16.9 Å². The molecule has 1 N–H and O–H groups in total. The molecule has 31 heavy (non-hydrogen) atoms. The summed E-state index contributed by atoms with van der Waals surface area (Å²) in [6.45, 7) is 5.01. The van der Waals surface area contributed by atoms with E-state index in [0.717, 1.165) is 11.1 Å². The predicted octanol–water partition coefficient (Wildman–Crippen LogP) is 4.19. The van der Waals surface area contributed by atoms with Gasteiger partial charge >= 0.3 is 6.03 Å². The van der Waals surface area contributed by atoms with E-state index in [4.69, 9.17) is 0 Å². The van der Waals surface area contributed by atoms with Crippen molar-refractivity contribution in [2.45, 2.75) is 25.9 Å². The number of aryl methyl sites for hydroxylation is 2. The molecule has 3 aromatic carbocycles. The number of carbonyl (C=O) groups is 2. The molecule has 4 rings (SSSR count). The normalized spacial score (nSPS) is 15.4. The van der Waals surface area contributed by atoms with Crippen LogP contribution in [0.4, 0.5) is 4.79 Å². The second-order valence-electron chi connectivity index (χ2n) is 8.23. The first-order valence-electron chi connectivity index (χ1n) is 10.4. The van der Waals surface area contributed by atoms with Crippen molar-refractivity contribution in [1.82, 2.24) is 15.1 Å². The smallest absolute Gasteiger partial charge is 0.315 e. The van der Waals surface area contributed by atoms with Crippen LogP contribution in [0.15, 0.2) is 78.9 Å². The average molecular weight is 414 g/mol. The van der Waals surface area contributed by atoms with Gasteiger partial charge in [0.2, 0.25) is 0 Å². The van der Waals surface area contributed by atoms with E-state index in [1.165, 1.54) is 21.6 Å². The van der Waals surface area contributed by atoms with Gasteiger partial charge in [-0.05, 0) is 43.1 Å². The van der Waals surface area contributed by atoms with E-state index in [9.17, 15) is 9.59 Å². The third-order valence-electron chi connectivity index (χ3n) is 5.84. The fraction of sp³-hybridized carbons (Fsp3) is 0.231. The van der Waals surface area contributed by atoms with Gasteiger partial charge in [-0.1, -0.05) is 84.4 Å². The monoisotopic (exact) mass is 413 g/mol. The zero-order chi connectivity index (χ0) is 22.0. The molecular weight excluding hydrogens is 386 g/mol. The quantitative estimate of drug-likeness (QED) is 0.617. The zero-order valence-corrected chi connectivity index (χ0v) is 18.1. The van der Waals surface area contributed by atoms with Crippen molar-refractivity contribution in [3.8, 4) is 0 Å². The van der Waals surface area contributed by atoms with Crippen molar-refractivity contribution < 1.29 is 9.59 Å². The van der Waals surface area contributed by atoms with Crippen molar-refractivity contribution in [1.29, 1.82) is 0 Å². The molecule has 3 aromatic rings. The van der Waals surface area contributed by atoms with Gasteiger partial charge in [-0.2, -0.15) is 0 Å². The van der Waals surface area contributed by atoms with E-state index in [-0.39, 0.29) is 18.6 Å². The van der Waals surface area contributed by atoms with Gasteiger partial charge in [-0.3, -0.25) is 9.69 Å². The van der Waals surface area contributed by atoms with Crippen LogP contribution in [0.25, 0.3) is 0 Å². The molecule has 1 heterocycles. The number of hydrogen-bond acceptors (Lipinski definition) is 3. The molecule has 0 bridgehead atoms. The summed E-state index contributed by atoms with van der Waals surface area (Å²) in [5, 5.41) is 3.00. The summed E-state index contributed by atoms with van der Waals surface area (Å²) in [6, 6.07) is 24.8. The van der Waals surface area contributed by atoms with Crippen LogP contribution < -0.4 is 5.32 Å². The number of amides is 3. The Bertz CT molecular complexity index is 1060. The molecular formula is C26H27N3O2. The van der Waals surface area contributed by atoms with Crippen LogP contribution in [0.3, 0.4) is 0 Å². The second kappa shape index (κ2) is 8.36. The van der Waals surface area contributed by atoms with Crippen LogP contribution in [-0.4, -0.2) is 35.5 Å². The SMILES string of the molecule is Cc1ccc(CN(C)CN2C(=O)NC(c3ccccc3)(c3ccccc3)C2=O)c(C)c1. The van der Waals surface area contributed by atoms with Crippen LogP contribution in [0, 0.1) is 13.8 Å². The lowest BCUT2D eigenvalue weighted by Crippen LogP contribution is -2.46. The third-order valence-corrected chi connectivity index (χ3v) is 5.84. The molecule has 0 aromatic heterocycles. The summed E-state index contributed by atoms with van der Waals surface area (Å²) in [5.74, 6) is -0.262. The summed E-state index contributed by atoms with van der Waals surface area (Å²) < 4.78 is 0. The molecule has 0 aliphatic carbocycles. The molecule has 5 heteroatoms. The van der Waals surface area contributed by atoms with Gasteiger partial charge in [0.25, 0.3) is 5.91 Å². The molecule has 0 atom stereocenters. The highest BCUT2D eigenvalue weighted by molar-refractivity contribution is 6.09. The predicted molar refractivity (Wildman–Crippen MR) is 121 cm³/mol. The van der Waals surface area contributed by atoms with Gasteiger partial charge < -0.3 is 5.32 Å². The van der Waals surface area contributed by atoms with E-state index in [0.29, 0.717) is 6.54 Å². The third kappa shape index (κ3) is 3.84. The first-order chi connectivity index (χ1) is 14.9. The van der Waals surface area contributed by atoms with Gasteiger partial charge in [0, 0.05) is 6.54 Å². The van der Waals surface area contributed by atoms with Crippen LogP contribution >= 0.6 is 0 Å². The number of nitrogens with zero attached hydrogens (tertiary/aromatic N) is 2. The van der Waals surface area contributed by atoms with Crippen molar-refractivity contribution in [3.63, 3.8) is 0 Å². The topological polar surface area (TPSA) is 52.6 Å². The van der Waals surface area contributed by atoms with Crippen molar-refractivity contribution in [2.24, 2.45) is 0 Å². The summed E-state index contributed by atoms with van der Waals surface area (Å²) in [6.07, 6.45) is 0. The van der Waals surface area contributed by atoms with Gasteiger partial charge in [-0.15, -0.1) is 0 Å². The minimum absolute atomic E-state index is 0.208. The average Bonchev–Trinajstić information content (AvgIpc) is 3.02. The zero-order valence-electron chi connectivity index (χ0n) is 18.1. The number of hydrogen-bond donors (Lipinski definition) is 1. The lowest BCUT2D eigenvalue weighted by atomic mass is 9.83. The molecule has 1 fully saturated rings. The highest BCUT2D eigenvalue weighted by Gasteiger charge is 2.53. The minimum Gasteiger partial charge on any atom is -0.315 e. The lowest BCUT2D eigenvalue weighted by molar-refractivity contribution is -0.131. The summed E-state index contributed by atoms with van der Waals surface area (Å²) in [7, 11) is 1.92. The summed E-state index contributed by atoms with van der Waals surface area (Å²) in [5.41, 5.74) is 3.87. The number of urea groups is 1. The van der Waals surface area contributed by atoms with Gasteiger partial charge in [0.1, 0.15) is 0 Å². The van der Waals surface area contributed by atoms with Crippen LogP contribution in [0.5, 0.6) is 0 Å². The number of carbonyl (C=O) groups excluding carboxylic acids is 2. The van der Waals surface area contributed by atoms with E-state index < -0.39 is 5.54 Å². The van der Waals surface area contributed by atoms with E-state index in [2.05, 4.69) is 37.4 Å². The van der Waals surface area contributed by atoms with E-state index in [1.807, 2.05) is 72.6 Å². The van der Waals surface area contributed by atoms with E-state index in [1.54, 1.807) is 0 Å². The molecule has 3 amide bonds. The number of nitrogens with one attached hydrogen (secondary N) is 1. The van der Waals surface area contributed by atoms with Crippen LogP contribution in [0.1, 0.15) is 27.8 Å². The standard InChI is InChI=1S/C26H27N3O2/c1-19-14-15-21(20(2)16-19)17-28(3)18-29-24(30)26(27-25(29)31,22-10-6-4-7-11-22)23-12-8-5-9-13-23/h4-16H,17-18H2,1-3H3,(H,27,31). The second-order valence-corrected chi connectivity index (χ2v) is 8.23. The fourth-order valence-corrected chi connectivity index (χ4v) is 4.24. The van der Waals surface area contributed by atoms with Gasteiger partial charge in [0.15, 0.2) is 5.54 Å². The highest BCUT2D eigenvalue weighted by atomic mass is 16.2. The first kappa shape index (κ1) is 20.8. The Kier molecular flexibility index (Phi) is 5.61. The fourth-order valence-electron chi connectivity index (χ4n) is 4.24. The first-order valence-corrected chi connectivity index (χ1v) is 10.4. The number of imide groups is 1. The molecule has 158 valence electrons. The van der Waals surface area contributed by atoms with Gasteiger partial charge in [0.05, 0.1) is 6.67 Å². The number of benzene rings is 3. The van der Waals surface area contributed by atoms with Gasteiger partial charge in [-0.25, -0.2) is 9.69 Å². The Labute approximate surface area is 183 Å². The molecule has 1 aliphatic rings. The highest BCUT2D eigenvalue weighted by Crippen LogP contribution is 2.36.